The first-order valence-corrected chi connectivity index (χ1v) is 10.7. The van der Waals surface area contributed by atoms with Crippen LogP contribution in [0, 0.1) is 0 Å². The molecule has 2 unspecified atom stereocenters. The molecule has 0 saturated heterocycles. The van der Waals surface area contributed by atoms with Gasteiger partial charge in [0.15, 0.2) is 0 Å². The molecule has 2 atom stereocenters. The number of amides is 1. The number of pyridine rings is 1. The first-order valence-electron chi connectivity index (χ1n) is 9.84. The van der Waals surface area contributed by atoms with E-state index in [1.807, 2.05) is 42.5 Å². The Kier molecular flexibility index (Phi) is 4.59. The van der Waals surface area contributed by atoms with Gasteiger partial charge < -0.3 is 14.8 Å². The highest BCUT2D eigenvalue weighted by Crippen LogP contribution is 2.47. The van der Waals surface area contributed by atoms with Crippen LogP contribution >= 0.6 is 11.8 Å². The summed E-state index contributed by atoms with van der Waals surface area (Å²) in [6.45, 7) is 2.12. The zero-order valence-corrected chi connectivity index (χ0v) is 17.2. The summed E-state index contributed by atoms with van der Waals surface area (Å²) in [7, 11) is 1.64. The van der Waals surface area contributed by atoms with Crippen LogP contribution in [-0.4, -0.2) is 29.3 Å². The fraction of sp³-hybridized carbons (Fsp3) is 0.304. The number of rotatable bonds is 5. The van der Waals surface area contributed by atoms with Gasteiger partial charge in [0, 0.05) is 33.8 Å². The standard InChI is InChI=1S/C23H22N2O3S/c1-13-22(23(26)25-14-3-4-14)18-8-6-16(12-21(18)29-13)28-20-9-10-24-19-11-15(27-2)5-7-17(19)20/h5-14,22H,3-4H2,1-2H3,(H,25,26). The molecule has 1 aliphatic heterocycles. The van der Waals surface area contributed by atoms with Gasteiger partial charge >= 0.3 is 0 Å². The third kappa shape index (κ3) is 3.53. The Balaban J connectivity index is 1.42. The number of nitrogens with zero attached hydrogens (tertiary/aromatic N) is 1. The molecule has 2 aliphatic rings. The largest absolute Gasteiger partial charge is 0.497 e. The first kappa shape index (κ1) is 18.3. The van der Waals surface area contributed by atoms with Gasteiger partial charge in [-0.25, -0.2) is 0 Å². The molecule has 29 heavy (non-hydrogen) atoms. The minimum atomic E-state index is -0.0983. The highest BCUT2D eigenvalue weighted by molar-refractivity contribution is 8.00. The van der Waals surface area contributed by atoms with Crippen molar-refractivity contribution in [3.05, 3.63) is 54.2 Å². The summed E-state index contributed by atoms with van der Waals surface area (Å²) in [6.07, 6.45) is 3.94. The van der Waals surface area contributed by atoms with E-state index in [0.717, 1.165) is 51.5 Å². The Bertz CT molecular complexity index is 1100. The maximum absolute atomic E-state index is 12.7. The number of carbonyl (C=O) groups is 1. The SMILES string of the molecule is COc1ccc2c(Oc3ccc4c(c3)SC(C)C4C(=O)NC3CC3)ccnc2c1. The van der Waals surface area contributed by atoms with Gasteiger partial charge in [0.2, 0.25) is 5.91 Å². The average molecular weight is 407 g/mol. The molecule has 5 nitrogen and oxygen atoms in total. The Hall–Kier alpha value is -2.73. The molecule has 1 fully saturated rings. The van der Waals surface area contributed by atoms with Crippen LogP contribution < -0.4 is 14.8 Å². The highest BCUT2D eigenvalue weighted by Gasteiger charge is 2.38. The van der Waals surface area contributed by atoms with Crippen LogP contribution in [0.25, 0.3) is 10.9 Å². The quantitative estimate of drug-likeness (QED) is 0.654. The van der Waals surface area contributed by atoms with Gasteiger partial charge in [0.1, 0.15) is 17.2 Å². The summed E-state index contributed by atoms with van der Waals surface area (Å²) in [4.78, 5) is 18.2. The molecule has 1 N–H and O–H groups in total. The van der Waals surface area contributed by atoms with Gasteiger partial charge in [-0.2, -0.15) is 0 Å². The molecule has 0 bridgehead atoms. The third-order valence-electron chi connectivity index (χ3n) is 5.45. The minimum absolute atomic E-state index is 0.0983. The molecular weight excluding hydrogens is 384 g/mol. The lowest BCUT2D eigenvalue weighted by Gasteiger charge is -2.15. The maximum Gasteiger partial charge on any atom is 0.228 e. The lowest BCUT2D eigenvalue weighted by Crippen LogP contribution is -2.33. The van der Waals surface area contributed by atoms with E-state index in [4.69, 9.17) is 9.47 Å². The van der Waals surface area contributed by atoms with Crippen molar-refractivity contribution in [2.24, 2.45) is 0 Å². The predicted molar refractivity (Wildman–Crippen MR) is 114 cm³/mol. The molecular formula is C23H22N2O3S. The number of hydrogen-bond donors (Lipinski definition) is 1. The number of carbonyl (C=O) groups excluding carboxylic acids is 1. The number of ether oxygens (including phenoxy) is 2. The topological polar surface area (TPSA) is 60.5 Å². The minimum Gasteiger partial charge on any atom is -0.497 e. The van der Waals surface area contributed by atoms with E-state index in [-0.39, 0.29) is 17.1 Å². The van der Waals surface area contributed by atoms with Crippen molar-refractivity contribution in [3.63, 3.8) is 0 Å². The number of benzene rings is 2. The van der Waals surface area contributed by atoms with Crippen LogP contribution in [0.2, 0.25) is 0 Å². The summed E-state index contributed by atoms with van der Waals surface area (Å²) in [6, 6.07) is 14.0. The number of thioether (sulfide) groups is 1. The Labute approximate surface area is 173 Å². The number of nitrogens with one attached hydrogen (secondary N) is 1. The maximum atomic E-state index is 12.7. The van der Waals surface area contributed by atoms with Gasteiger partial charge in [0.05, 0.1) is 18.5 Å². The molecule has 1 aromatic heterocycles. The number of hydrogen-bond acceptors (Lipinski definition) is 5. The van der Waals surface area contributed by atoms with Crippen LogP contribution in [0.5, 0.6) is 17.2 Å². The van der Waals surface area contributed by atoms with Gasteiger partial charge in [-0.15, -0.1) is 11.8 Å². The normalized spacial score (nSPS) is 20.3. The second kappa shape index (κ2) is 7.26. The lowest BCUT2D eigenvalue weighted by molar-refractivity contribution is -0.122. The van der Waals surface area contributed by atoms with E-state index < -0.39 is 0 Å². The summed E-state index contributed by atoms with van der Waals surface area (Å²) in [5, 5.41) is 4.29. The van der Waals surface area contributed by atoms with Gasteiger partial charge in [-0.1, -0.05) is 13.0 Å². The van der Waals surface area contributed by atoms with Gasteiger partial charge in [-0.3, -0.25) is 9.78 Å². The molecule has 0 radical (unpaired) electrons. The van der Waals surface area contributed by atoms with Crippen LogP contribution in [-0.2, 0) is 4.79 Å². The lowest BCUT2D eigenvalue weighted by atomic mass is 9.95. The second-order valence-corrected chi connectivity index (χ2v) is 9.00. The van der Waals surface area contributed by atoms with Crippen LogP contribution in [0.1, 0.15) is 31.2 Å². The van der Waals surface area contributed by atoms with E-state index in [1.165, 1.54) is 0 Å². The van der Waals surface area contributed by atoms with E-state index in [9.17, 15) is 4.79 Å². The number of aromatic nitrogens is 1. The fourth-order valence-corrected chi connectivity index (χ4v) is 5.10. The van der Waals surface area contributed by atoms with Crippen LogP contribution in [0.3, 0.4) is 0 Å². The predicted octanol–water partition coefficient (Wildman–Crippen LogP) is 4.89. The van der Waals surface area contributed by atoms with Crippen molar-refractivity contribution in [2.75, 3.05) is 7.11 Å². The van der Waals surface area contributed by atoms with Crippen molar-refractivity contribution in [1.29, 1.82) is 0 Å². The molecule has 6 heteroatoms. The van der Waals surface area contributed by atoms with Crippen LogP contribution in [0.4, 0.5) is 0 Å². The first-order chi connectivity index (χ1) is 14.1. The highest BCUT2D eigenvalue weighted by atomic mass is 32.2. The van der Waals surface area contributed by atoms with Crippen molar-refractivity contribution in [2.45, 2.75) is 41.9 Å². The van der Waals surface area contributed by atoms with Gasteiger partial charge in [-0.05, 0) is 48.7 Å². The monoisotopic (exact) mass is 406 g/mol. The smallest absolute Gasteiger partial charge is 0.228 e. The summed E-state index contributed by atoms with van der Waals surface area (Å²) < 4.78 is 11.5. The van der Waals surface area contributed by atoms with E-state index in [2.05, 4.69) is 17.2 Å². The second-order valence-electron chi connectivity index (χ2n) is 7.58. The Morgan fingerprint density at radius 3 is 2.76 bits per heavy atom. The number of methoxy groups -OCH3 is 1. The fourth-order valence-electron chi connectivity index (χ4n) is 3.78. The molecule has 3 aromatic rings. The van der Waals surface area contributed by atoms with E-state index in [0.29, 0.717) is 6.04 Å². The zero-order chi connectivity index (χ0) is 20.0. The molecule has 2 heterocycles. The Morgan fingerprint density at radius 1 is 1.14 bits per heavy atom. The van der Waals surface area contributed by atoms with Gasteiger partial charge in [0.25, 0.3) is 0 Å². The number of fused-ring (bicyclic) bond motifs is 2. The van der Waals surface area contributed by atoms with Crippen molar-refractivity contribution in [3.8, 4) is 17.2 Å². The Morgan fingerprint density at radius 2 is 1.97 bits per heavy atom. The molecule has 1 aliphatic carbocycles. The molecule has 0 spiro atoms. The van der Waals surface area contributed by atoms with Crippen molar-refractivity contribution in [1.82, 2.24) is 10.3 Å². The van der Waals surface area contributed by atoms with Crippen molar-refractivity contribution >= 4 is 28.6 Å². The third-order valence-corrected chi connectivity index (χ3v) is 6.70. The van der Waals surface area contributed by atoms with E-state index in [1.54, 1.807) is 25.1 Å². The van der Waals surface area contributed by atoms with E-state index >= 15 is 0 Å². The average Bonchev–Trinajstić information content (AvgIpc) is 3.47. The molecule has 1 saturated carbocycles. The summed E-state index contributed by atoms with van der Waals surface area (Å²) in [5.41, 5.74) is 1.92. The zero-order valence-electron chi connectivity index (χ0n) is 16.3. The molecule has 2 aromatic carbocycles. The van der Waals surface area contributed by atoms with Crippen LogP contribution in [0.15, 0.2) is 53.6 Å². The molecule has 5 rings (SSSR count). The van der Waals surface area contributed by atoms with Crippen molar-refractivity contribution < 1.29 is 14.3 Å². The summed E-state index contributed by atoms with van der Waals surface area (Å²) in [5.74, 6) is 2.32. The molecule has 1 amide bonds. The summed E-state index contributed by atoms with van der Waals surface area (Å²) >= 11 is 1.74. The molecule has 148 valence electrons.